The van der Waals surface area contributed by atoms with Crippen LogP contribution < -0.4 is 0 Å². The Labute approximate surface area is 219 Å². The van der Waals surface area contributed by atoms with E-state index < -0.39 is 46.7 Å². The molecular formula is C28H31FN2O5S. The number of nitrogens with zero attached hydrogens (tertiary/aromatic N) is 2. The highest BCUT2D eigenvalue weighted by Gasteiger charge is 2.79. The number of rotatable bonds is 4. The molecule has 1 aromatic rings. The summed E-state index contributed by atoms with van der Waals surface area (Å²) in [4.78, 5) is 33.4. The zero-order chi connectivity index (χ0) is 26.2. The number of ketones is 1. The number of alkyl halides is 1. The molecule has 0 radical (unpaired) electrons. The molecule has 0 aromatic carbocycles. The van der Waals surface area contributed by atoms with Crippen molar-refractivity contribution in [2.75, 3.05) is 13.2 Å². The van der Waals surface area contributed by atoms with E-state index in [2.05, 4.69) is 0 Å². The largest absolute Gasteiger partial charge is 0.448 e. The van der Waals surface area contributed by atoms with Gasteiger partial charge in [-0.2, -0.15) is 10.3 Å². The summed E-state index contributed by atoms with van der Waals surface area (Å²) in [5, 5.41) is 24.5. The molecule has 0 amide bonds. The standard InChI is InChI=1S/C28H31FN2O5S/c1-25-8-7-19(32)12-17(25)5-6-21-22-13-18-15-31(16-20-4-3-11-37-20)36-28(18,24(34)35-10-9-30)26(22,2)14-23(33)27(21,25)29/h3-4,7-8,11-12,18,21-23,33H,5-6,10,13-16H2,1-2H3/t18-,21-,22-,23-,25-,26-,27-,28-/m0/s1. The van der Waals surface area contributed by atoms with Gasteiger partial charge in [0.05, 0.1) is 12.6 Å². The normalized spacial score (nSPS) is 44.3. The Hall–Kier alpha value is -2.38. The summed E-state index contributed by atoms with van der Waals surface area (Å²) in [6.45, 7) is 4.30. The van der Waals surface area contributed by atoms with Crippen LogP contribution in [0, 0.1) is 39.9 Å². The number of hydrogen-bond acceptors (Lipinski definition) is 8. The van der Waals surface area contributed by atoms with Gasteiger partial charge in [-0.1, -0.05) is 24.6 Å². The number of halogens is 1. The second-order valence-electron chi connectivity index (χ2n) is 11.7. The van der Waals surface area contributed by atoms with Gasteiger partial charge >= 0.3 is 5.97 Å². The van der Waals surface area contributed by atoms with Gasteiger partial charge in [-0.05, 0) is 62.1 Å². The fraction of sp³-hybridized carbons (Fsp3) is 0.607. The van der Waals surface area contributed by atoms with Crippen molar-refractivity contribution in [2.45, 2.75) is 63.4 Å². The molecule has 3 saturated carbocycles. The minimum atomic E-state index is -1.98. The molecule has 4 aliphatic carbocycles. The molecule has 8 atom stereocenters. The van der Waals surface area contributed by atoms with Crippen LogP contribution in [0.2, 0.25) is 0 Å². The van der Waals surface area contributed by atoms with E-state index in [1.54, 1.807) is 29.4 Å². The monoisotopic (exact) mass is 526 g/mol. The van der Waals surface area contributed by atoms with Crippen molar-refractivity contribution in [3.63, 3.8) is 0 Å². The van der Waals surface area contributed by atoms with Crippen molar-refractivity contribution in [1.82, 2.24) is 5.06 Å². The van der Waals surface area contributed by atoms with Crippen LogP contribution in [0.15, 0.2) is 41.3 Å². The van der Waals surface area contributed by atoms with Crippen molar-refractivity contribution in [2.24, 2.45) is 28.6 Å². The lowest BCUT2D eigenvalue weighted by atomic mass is 9.45. The van der Waals surface area contributed by atoms with E-state index in [9.17, 15) is 14.7 Å². The van der Waals surface area contributed by atoms with Crippen LogP contribution in [-0.2, 0) is 25.7 Å². The number of esters is 1. The molecule has 2 heterocycles. The maximum absolute atomic E-state index is 17.4. The van der Waals surface area contributed by atoms with Gasteiger partial charge < -0.3 is 9.84 Å². The Morgan fingerprint density at radius 2 is 2.22 bits per heavy atom. The Balaban J connectivity index is 1.40. The lowest BCUT2D eigenvalue weighted by Gasteiger charge is -2.62. The molecule has 0 bridgehead atoms. The van der Waals surface area contributed by atoms with E-state index in [1.165, 1.54) is 12.2 Å². The lowest BCUT2D eigenvalue weighted by Crippen LogP contribution is -2.69. The van der Waals surface area contributed by atoms with Gasteiger partial charge in [0.15, 0.2) is 23.7 Å². The zero-order valence-corrected chi connectivity index (χ0v) is 21.8. The third kappa shape index (κ3) is 3.13. The summed E-state index contributed by atoms with van der Waals surface area (Å²) in [5.74, 6) is -1.80. The van der Waals surface area contributed by atoms with E-state index in [-0.39, 0.29) is 24.0 Å². The predicted molar refractivity (Wildman–Crippen MR) is 132 cm³/mol. The summed E-state index contributed by atoms with van der Waals surface area (Å²) < 4.78 is 22.8. The van der Waals surface area contributed by atoms with Gasteiger partial charge in [0.1, 0.15) is 6.07 Å². The summed E-state index contributed by atoms with van der Waals surface area (Å²) in [6, 6.07) is 5.84. The highest BCUT2D eigenvalue weighted by atomic mass is 32.1. The molecule has 37 heavy (non-hydrogen) atoms. The summed E-state index contributed by atoms with van der Waals surface area (Å²) in [6.07, 6.45) is 4.79. The Morgan fingerprint density at radius 3 is 2.95 bits per heavy atom. The molecule has 0 spiro atoms. The number of carbonyl (C=O) groups is 2. The molecular weight excluding hydrogens is 495 g/mol. The number of aliphatic hydroxyl groups is 1. The van der Waals surface area contributed by atoms with Crippen LogP contribution in [0.5, 0.6) is 0 Å². The van der Waals surface area contributed by atoms with Crippen molar-refractivity contribution < 1.29 is 28.7 Å². The highest BCUT2D eigenvalue weighted by Crippen LogP contribution is 2.72. The third-order valence-corrected chi connectivity index (χ3v) is 11.0. The first-order chi connectivity index (χ1) is 17.6. The summed E-state index contributed by atoms with van der Waals surface area (Å²) in [7, 11) is 0. The lowest BCUT2D eigenvalue weighted by molar-refractivity contribution is -0.275. The molecule has 5 aliphatic rings. The van der Waals surface area contributed by atoms with Crippen molar-refractivity contribution in [3.05, 3.63) is 46.2 Å². The molecule has 1 aliphatic heterocycles. The van der Waals surface area contributed by atoms with Gasteiger partial charge in [0.2, 0.25) is 0 Å². The minimum absolute atomic E-state index is 0.0142. The number of ether oxygens (including phenoxy) is 1. The second-order valence-corrected chi connectivity index (χ2v) is 12.7. The maximum Gasteiger partial charge on any atom is 0.342 e. The molecule has 1 aromatic heterocycles. The van der Waals surface area contributed by atoms with E-state index in [0.717, 1.165) is 10.5 Å². The van der Waals surface area contributed by atoms with Crippen molar-refractivity contribution >= 4 is 23.1 Å². The average molecular weight is 527 g/mol. The smallest absolute Gasteiger partial charge is 0.342 e. The number of thiophene rings is 1. The van der Waals surface area contributed by atoms with Crippen molar-refractivity contribution in [3.8, 4) is 6.07 Å². The van der Waals surface area contributed by atoms with E-state index in [4.69, 9.17) is 14.8 Å². The van der Waals surface area contributed by atoms with Crippen LogP contribution in [0.4, 0.5) is 4.39 Å². The Bertz CT molecular complexity index is 1240. The second kappa shape index (κ2) is 8.31. The molecule has 9 heteroatoms. The van der Waals surface area contributed by atoms with E-state index in [0.29, 0.717) is 32.4 Å². The van der Waals surface area contributed by atoms with E-state index in [1.807, 2.05) is 30.5 Å². The molecule has 1 N–H and O–H groups in total. The molecule has 4 fully saturated rings. The first kappa shape index (κ1) is 24.9. The predicted octanol–water partition coefficient (Wildman–Crippen LogP) is 3.90. The number of hydrogen-bond donors (Lipinski definition) is 1. The Morgan fingerprint density at radius 1 is 1.41 bits per heavy atom. The zero-order valence-electron chi connectivity index (χ0n) is 21.0. The quantitative estimate of drug-likeness (QED) is 0.594. The molecule has 6 rings (SSSR count). The molecule has 196 valence electrons. The van der Waals surface area contributed by atoms with Crippen molar-refractivity contribution in [1.29, 1.82) is 5.26 Å². The van der Waals surface area contributed by atoms with Crippen LogP contribution in [0.1, 0.15) is 44.4 Å². The third-order valence-electron chi connectivity index (χ3n) is 10.2. The van der Waals surface area contributed by atoms with Gasteiger partial charge in [-0.15, -0.1) is 11.3 Å². The number of allylic oxidation sites excluding steroid dienone is 4. The number of fused-ring (bicyclic) bond motifs is 7. The van der Waals surface area contributed by atoms with Gasteiger partial charge in [0, 0.05) is 34.1 Å². The summed E-state index contributed by atoms with van der Waals surface area (Å²) in [5.41, 5.74) is -4.67. The highest BCUT2D eigenvalue weighted by molar-refractivity contribution is 7.09. The SMILES string of the molecule is C[C@]12C=CC(=O)C=C1CC[C@H]1[C@@H]3C[C@H]4CN(Cc5cccs5)O[C@@]4(C(=O)OCC#N)[C@@]3(C)C[C@H](O)[C@@]12F. The van der Waals surface area contributed by atoms with E-state index >= 15 is 4.39 Å². The van der Waals surface area contributed by atoms with Crippen LogP contribution >= 0.6 is 11.3 Å². The molecule has 1 saturated heterocycles. The topological polar surface area (TPSA) is 99.9 Å². The number of nitriles is 1. The fourth-order valence-electron chi connectivity index (χ4n) is 8.54. The Kier molecular flexibility index (Phi) is 5.60. The minimum Gasteiger partial charge on any atom is -0.448 e. The van der Waals surface area contributed by atoms with Gasteiger partial charge in [-0.3, -0.25) is 9.63 Å². The van der Waals surface area contributed by atoms with Crippen LogP contribution in [-0.4, -0.2) is 52.4 Å². The van der Waals surface area contributed by atoms with Crippen LogP contribution in [0.3, 0.4) is 0 Å². The number of hydroxylamine groups is 2. The molecule has 0 unspecified atom stereocenters. The number of aliphatic hydroxyl groups excluding tert-OH is 1. The number of carbonyl (C=O) groups excluding carboxylic acids is 2. The fourth-order valence-corrected chi connectivity index (χ4v) is 9.25. The molecule has 7 nitrogen and oxygen atoms in total. The first-order valence-electron chi connectivity index (χ1n) is 12.9. The first-order valence-corrected chi connectivity index (χ1v) is 13.8. The van der Waals surface area contributed by atoms with Gasteiger partial charge in [0.25, 0.3) is 0 Å². The average Bonchev–Trinajstić information content (AvgIpc) is 3.55. The van der Waals surface area contributed by atoms with Gasteiger partial charge in [-0.25, -0.2) is 9.18 Å². The maximum atomic E-state index is 17.4. The van der Waals surface area contributed by atoms with Crippen LogP contribution in [0.25, 0.3) is 0 Å². The summed E-state index contributed by atoms with van der Waals surface area (Å²) >= 11 is 1.60.